The molecule has 1 aromatic heterocycles. The number of aromatic nitrogens is 2. The molecule has 100 valence electrons. The highest BCUT2D eigenvalue weighted by Crippen LogP contribution is 2.22. The standard InChI is InChI=1S/C13H14FN3O2/c1-8(9-3-5-10(14)6-4-9)17-12-11(19-2)13(18)16-7-15-12/h3-8H,1-2H3,(H2,15,16,17,18). The number of nitrogens with zero attached hydrogens (tertiary/aromatic N) is 1. The second-order valence-corrected chi connectivity index (χ2v) is 4.03. The zero-order valence-corrected chi connectivity index (χ0v) is 10.6. The minimum atomic E-state index is -0.355. The van der Waals surface area contributed by atoms with Crippen LogP contribution >= 0.6 is 0 Å². The van der Waals surface area contributed by atoms with Crippen LogP contribution in [0, 0.1) is 5.82 Å². The fourth-order valence-electron chi connectivity index (χ4n) is 1.72. The van der Waals surface area contributed by atoms with E-state index in [2.05, 4.69) is 15.3 Å². The fourth-order valence-corrected chi connectivity index (χ4v) is 1.72. The molecule has 2 rings (SSSR count). The topological polar surface area (TPSA) is 67.0 Å². The summed E-state index contributed by atoms with van der Waals surface area (Å²) < 4.78 is 17.9. The van der Waals surface area contributed by atoms with E-state index in [1.165, 1.54) is 25.6 Å². The van der Waals surface area contributed by atoms with E-state index >= 15 is 0 Å². The molecule has 0 amide bonds. The number of ether oxygens (including phenoxy) is 1. The molecule has 0 bridgehead atoms. The molecule has 5 nitrogen and oxygen atoms in total. The Morgan fingerprint density at radius 2 is 2.05 bits per heavy atom. The van der Waals surface area contributed by atoms with Crippen LogP contribution in [-0.4, -0.2) is 17.1 Å². The van der Waals surface area contributed by atoms with E-state index < -0.39 is 0 Å². The number of halogens is 1. The normalized spacial score (nSPS) is 11.9. The summed E-state index contributed by atoms with van der Waals surface area (Å²) in [6.07, 6.45) is 1.30. The number of rotatable bonds is 4. The summed E-state index contributed by atoms with van der Waals surface area (Å²) in [6.45, 7) is 1.88. The van der Waals surface area contributed by atoms with Crippen LogP contribution in [0.4, 0.5) is 10.2 Å². The SMILES string of the molecule is COc1c(NC(C)c2ccc(F)cc2)nc[nH]c1=O. The van der Waals surface area contributed by atoms with Gasteiger partial charge < -0.3 is 15.0 Å². The molecule has 1 heterocycles. The van der Waals surface area contributed by atoms with Crippen molar-refractivity contribution in [2.75, 3.05) is 12.4 Å². The number of nitrogens with one attached hydrogen (secondary N) is 2. The summed E-state index contributed by atoms with van der Waals surface area (Å²) in [7, 11) is 1.40. The van der Waals surface area contributed by atoms with Gasteiger partial charge in [-0.1, -0.05) is 12.1 Å². The van der Waals surface area contributed by atoms with Gasteiger partial charge in [-0.05, 0) is 24.6 Å². The summed E-state index contributed by atoms with van der Waals surface area (Å²) in [4.78, 5) is 18.0. The van der Waals surface area contributed by atoms with Gasteiger partial charge in [0.1, 0.15) is 5.82 Å². The van der Waals surface area contributed by atoms with Crippen LogP contribution < -0.4 is 15.6 Å². The molecule has 0 saturated carbocycles. The zero-order chi connectivity index (χ0) is 13.8. The lowest BCUT2D eigenvalue weighted by Gasteiger charge is -2.16. The Labute approximate surface area is 109 Å². The monoisotopic (exact) mass is 263 g/mol. The Balaban J connectivity index is 2.24. The Morgan fingerprint density at radius 3 is 2.68 bits per heavy atom. The van der Waals surface area contributed by atoms with Crippen LogP contribution in [0.25, 0.3) is 0 Å². The predicted octanol–water partition coefficient (Wildman–Crippen LogP) is 2.09. The minimum absolute atomic E-state index is 0.122. The highest BCUT2D eigenvalue weighted by molar-refractivity contribution is 5.49. The maximum atomic E-state index is 12.9. The average molecular weight is 263 g/mol. The van der Waals surface area contributed by atoms with Gasteiger partial charge in [0.25, 0.3) is 5.56 Å². The molecule has 1 aromatic carbocycles. The second kappa shape index (κ2) is 5.51. The average Bonchev–Trinajstić information content (AvgIpc) is 2.39. The smallest absolute Gasteiger partial charge is 0.295 e. The first-order valence-corrected chi connectivity index (χ1v) is 5.75. The lowest BCUT2D eigenvalue weighted by molar-refractivity contribution is 0.407. The lowest BCUT2D eigenvalue weighted by atomic mass is 10.1. The fraction of sp³-hybridized carbons (Fsp3) is 0.231. The van der Waals surface area contributed by atoms with E-state index in [4.69, 9.17) is 4.74 Å². The molecule has 0 spiro atoms. The van der Waals surface area contributed by atoms with Crippen molar-refractivity contribution in [3.8, 4) is 5.75 Å². The maximum Gasteiger partial charge on any atom is 0.295 e. The molecule has 0 aliphatic rings. The van der Waals surface area contributed by atoms with E-state index in [9.17, 15) is 9.18 Å². The van der Waals surface area contributed by atoms with Crippen LogP contribution in [0.2, 0.25) is 0 Å². The Morgan fingerprint density at radius 1 is 1.37 bits per heavy atom. The minimum Gasteiger partial charge on any atom is -0.489 e. The first-order valence-electron chi connectivity index (χ1n) is 5.75. The van der Waals surface area contributed by atoms with Crippen molar-refractivity contribution in [3.05, 3.63) is 52.3 Å². The molecular formula is C13H14FN3O2. The molecule has 2 aromatic rings. The maximum absolute atomic E-state index is 12.9. The van der Waals surface area contributed by atoms with Crippen molar-refractivity contribution in [2.45, 2.75) is 13.0 Å². The number of methoxy groups -OCH3 is 1. The number of anilines is 1. The van der Waals surface area contributed by atoms with Gasteiger partial charge in [0, 0.05) is 0 Å². The van der Waals surface area contributed by atoms with Crippen LogP contribution in [0.3, 0.4) is 0 Å². The number of H-pyrrole nitrogens is 1. The molecule has 0 radical (unpaired) electrons. The number of benzene rings is 1. The van der Waals surface area contributed by atoms with Gasteiger partial charge in [0.05, 0.1) is 19.5 Å². The molecule has 1 atom stereocenters. The Hall–Kier alpha value is -2.37. The Bertz CT molecular complexity index is 610. The van der Waals surface area contributed by atoms with Gasteiger partial charge in [0.2, 0.25) is 5.75 Å². The summed E-state index contributed by atoms with van der Waals surface area (Å²) in [6, 6.07) is 5.98. The Kier molecular flexibility index (Phi) is 3.79. The summed E-state index contributed by atoms with van der Waals surface area (Å²) in [5.41, 5.74) is 0.525. The quantitative estimate of drug-likeness (QED) is 0.886. The van der Waals surface area contributed by atoms with E-state index in [0.29, 0.717) is 5.82 Å². The highest BCUT2D eigenvalue weighted by Gasteiger charge is 2.12. The highest BCUT2D eigenvalue weighted by atomic mass is 19.1. The number of aromatic amines is 1. The van der Waals surface area contributed by atoms with E-state index in [0.717, 1.165) is 5.56 Å². The van der Waals surface area contributed by atoms with Crippen molar-refractivity contribution >= 4 is 5.82 Å². The predicted molar refractivity (Wildman–Crippen MR) is 69.8 cm³/mol. The summed E-state index contributed by atoms with van der Waals surface area (Å²) in [5.74, 6) is 0.183. The third-order valence-electron chi connectivity index (χ3n) is 2.74. The lowest BCUT2D eigenvalue weighted by Crippen LogP contribution is -2.16. The van der Waals surface area contributed by atoms with Crippen LogP contribution in [0.15, 0.2) is 35.4 Å². The van der Waals surface area contributed by atoms with Crippen molar-refractivity contribution in [1.29, 1.82) is 0 Å². The molecular weight excluding hydrogens is 249 g/mol. The van der Waals surface area contributed by atoms with Crippen molar-refractivity contribution in [3.63, 3.8) is 0 Å². The number of hydrogen-bond donors (Lipinski definition) is 2. The van der Waals surface area contributed by atoms with Gasteiger partial charge in [0.15, 0.2) is 5.82 Å². The molecule has 0 aliphatic heterocycles. The van der Waals surface area contributed by atoms with Crippen molar-refractivity contribution in [1.82, 2.24) is 9.97 Å². The van der Waals surface area contributed by atoms with E-state index in [1.54, 1.807) is 12.1 Å². The van der Waals surface area contributed by atoms with Gasteiger partial charge in [-0.15, -0.1) is 0 Å². The first kappa shape index (κ1) is 13.1. The van der Waals surface area contributed by atoms with Crippen LogP contribution in [0.1, 0.15) is 18.5 Å². The third-order valence-corrected chi connectivity index (χ3v) is 2.74. The van der Waals surface area contributed by atoms with Crippen LogP contribution in [0.5, 0.6) is 5.75 Å². The second-order valence-electron chi connectivity index (χ2n) is 4.03. The molecule has 19 heavy (non-hydrogen) atoms. The van der Waals surface area contributed by atoms with E-state index in [1.807, 2.05) is 6.92 Å². The third kappa shape index (κ3) is 2.90. The molecule has 1 unspecified atom stereocenters. The summed E-state index contributed by atoms with van der Waals surface area (Å²) >= 11 is 0. The molecule has 0 aliphatic carbocycles. The summed E-state index contributed by atoms with van der Waals surface area (Å²) in [5, 5.41) is 3.06. The first-order chi connectivity index (χ1) is 9.11. The van der Waals surface area contributed by atoms with Crippen molar-refractivity contribution < 1.29 is 9.13 Å². The van der Waals surface area contributed by atoms with Gasteiger partial charge in [-0.25, -0.2) is 9.37 Å². The molecule has 0 fully saturated rings. The van der Waals surface area contributed by atoms with Gasteiger partial charge >= 0.3 is 0 Å². The largest absolute Gasteiger partial charge is 0.489 e. The van der Waals surface area contributed by atoms with Gasteiger partial charge in [-0.3, -0.25) is 4.79 Å². The van der Waals surface area contributed by atoms with E-state index in [-0.39, 0.29) is 23.2 Å². The van der Waals surface area contributed by atoms with Crippen molar-refractivity contribution in [2.24, 2.45) is 0 Å². The van der Waals surface area contributed by atoms with Gasteiger partial charge in [-0.2, -0.15) is 0 Å². The number of hydrogen-bond acceptors (Lipinski definition) is 4. The molecule has 6 heteroatoms. The zero-order valence-electron chi connectivity index (χ0n) is 10.6. The van der Waals surface area contributed by atoms with Crippen LogP contribution in [-0.2, 0) is 0 Å². The molecule has 0 saturated heterocycles. The molecule has 2 N–H and O–H groups in total.